The molecule has 0 aromatic heterocycles. The van der Waals surface area contributed by atoms with Crippen LogP contribution < -0.4 is 14.8 Å². The number of piperidine rings is 1. The van der Waals surface area contributed by atoms with E-state index in [9.17, 15) is 13.2 Å². The number of amides is 1. The Labute approximate surface area is 178 Å². The summed E-state index contributed by atoms with van der Waals surface area (Å²) in [6, 6.07) is 12.3. The first-order valence-electron chi connectivity index (χ1n) is 9.91. The lowest BCUT2D eigenvalue weighted by atomic mass is 9.98. The number of hydrogen-bond donors (Lipinski definition) is 1. The molecular weight excluding hydrogens is 404 g/mol. The number of sulfonamides is 1. The average Bonchev–Trinajstić information content (AvgIpc) is 2.77. The van der Waals surface area contributed by atoms with E-state index in [0.717, 1.165) is 11.1 Å². The third-order valence-electron chi connectivity index (χ3n) is 5.40. The number of hydrogen-bond acceptors (Lipinski definition) is 5. The van der Waals surface area contributed by atoms with Crippen LogP contribution in [0.4, 0.5) is 0 Å². The normalized spacial score (nSPS) is 17.4. The molecule has 1 atom stereocenters. The van der Waals surface area contributed by atoms with E-state index in [4.69, 9.17) is 9.47 Å². The van der Waals surface area contributed by atoms with Crippen molar-refractivity contribution in [2.45, 2.75) is 31.2 Å². The second-order valence-corrected chi connectivity index (χ2v) is 9.30. The minimum absolute atomic E-state index is 0.147. The molecule has 0 bridgehead atoms. The highest BCUT2D eigenvalue weighted by Gasteiger charge is 2.33. The maximum atomic E-state index is 13.1. The molecule has 30 heavy (non-hydrogen) atoms. The van der Waals surface area contributed by atoms with Crippen LogP contribution >= 0.6 is 0 Å². The molecule has 1 saturated heterocycles. The number of carbonyl (C=O) groups excluding carboxylic acids is 1. The molecule has 1 aliphatic heterocycles. The Bertz CT molecular complexity index is 1010. The number of ether oxygens (including phenoxy) is 2. The highest BCUT2D eigenvalue weighted by atomic mass is 32.2. The molecule has 0 aliphatic carbocycles. The van der Waals surface area contributed by atoms with E-state index >= 15 is 0 Å². The van der Waals surface area contributed by atoms with Gasteiger partial charge in [0.15, 0.2) is 0 Å². The summed E-state index contributed by atoms with van der Waals surface area (Å²) in [5.74, 6) is 0.816. The van der Waals surface area contributed by atoms with Crippen molar-refractivity contribution in [1.82, 2.24) is 9.62 Å². The molecule has 7 nitrogen and oxygen atoms in total. The summed E-state index contributed by atoms with van der Waals surface area (Å²) in [6.07, 6.45) is 1.30. The smallest absolute Gasteiger partial charge is 0.243 e. The van der Waals surface area contributed by atoms with Gasteiger partial charge in [-0.05, 0) is 49.6 Å². The van der Waals surface area contributed by atoms with Crippen LogP contribution in [0.25, 0.3) is 0 Å². The summed E-state index contributed by atoms with van der Waals surface area (Å²) in [4.78, 5) is 12.9. The van der Waals surface area contributed by atoms with Gasteiger partial charge in [-0.25, -0.2) is 8.42 Å². The summed E-state index contributed by atoms with van der Waals surface area (Å²) >= 11 is 0. The molecular formula is C22H28N2O5S. The van der Waals surface area contributed by atoms with Crippen molar-refractivity contribution < 1.29 is 22.7 Å². The molecule has 8 heteroatoms. The van der Waals surface area contributed by atoms with E-state index in [1.807, 2.05) is 31.2 Å². The Hall–Kier alpha value is -2.58. The van der Waals surface area contributed by atoms with Crippen LogP contribution in [-0.4, -0.2) is 45.9 Å². The topological polar surface area (TPSA) is 84.9 Å². The molecule has 1 amide bonds. The summed E-state index contributed by atoms with van der Waals surface area (Å²) in [5, 5.41) is 2.92. The molecule has 3 rings (SSSR count). The number of para-hydroxylation sites is 1. The zero-order valence-electron chi connectivity index (χ0n) is 17.6. The van der Waals surface area contributed by atoms with Gasteiger partial charge < -0.3 is 14.8 Å². The van der Waals surface area contributed by atoms with Gasteiger partial charge in [0.2, 0.25) is 15.9 Å². The van der Waals surface area contributed by atoms with Crippen molar-refractivity contribution in [3.8, 4) is 11.5 Å². The van der Waals surface area contributed by atoms with Crippen molar-refractivity contribution in [3.05, 3.63) is 53.6 Å². The van der Waals surface area contributed by atoms with Crippen molar-refractivity contribution in [3.63, 3.8) is 0 Å². The fourth-order valence-corrected chi connectivity index (χ4v) is 5.32. The minimum atomic E-state index is -3.68. The van der Waals surface area contributed by atoms with Crippen molar-refractivity contribution in [1.29, 1.82) is 0 Å². The van der Waals surface area contributed by atoms with Gasteiger partial charge in [0.05, 0.1) is 25.0 Å². The van der Waals surface area contributed by atoms with Gasteiger partial charge >= 0.3 is 0 Å². The first-order chi connectivity index (χ1) is 14.4. The Morgan fingerprint density at radius 2 is 1.87 bits per heavy atom. The molecule has 1 aliphatic rings. The summed E-state index contributed by atoms with van der Waals surface area (Å²) < 4.78 is 38.2. The molecule has 2 aromatic rings. The molecule has 0 unspecified atom stereocenters. The number of nitrogens with zero attached hydrogens (tertiary/aromatic N) is 1. The summed E-state index contributed by atoms with van der Waals surface area (Å²) in [7, 11) is -0.536. The number of benzene rings is 2. The number of aryl methyl sites for hydroxylation is 1. The molecule has 1 heterocycles. The Kier molecular flexibility index (Phi) is 6.99. The first-order valence-corrected chi connectivity index (χ1v) is 11.3. The van der Waals surface area contributed by atoms with Gasteiger partial charge in [0.25, 0.3) is 0 Å². The lowest BCUT2D eigenvalue weighted by Crippen LogP contribution is -2.45. The summed E-state index contributed by atoms with van der Waals surface area (Å²) in [6.45, 7) is 2.72. The van der Waals surface area contributed by atoms with Crippen LogP contribution in [0.15, 0.2) is 47.4 Å². The third kappa shape index (κ3) is 4.76. The van der Waals surface area contributed by atoms with E-state index in [2.05, 4.69) is 5.32 Å². The fourth-order valence-electron chi connectivity index (χ4n) is 3.71. The van der Waals surface area contributed by atoms with E-state index < -0.39 is 10.0 Å². The van der Waals surface area contributed by atoms with Crippen LogP contribution in [-0.2, 0) is 21.4 Å². The van der Waals surface area contributed by atoms with Crippen LogP contribution in [0.1, 0.15) is 24.0 Å². The third-order valence-corrected chi connectivity index (χ3v) is 7.27. The predicted octanol–water partition coefficient (Wildman–Crippen LogP) is 2.73. The SMILES string of the molecule is COc1ccc(S(=O)(=O)N2CCC[C@H](C(=O)NCc3ccccc3OC)C2)cc1C. The van der Waals surface area contributed by atoms with Crippen molar-refractivity contribution in [2.75, 3.05) is 27.3 Å². The lowest BCUT2D eigenvalue weighted by Gasteiger charge is -2.31. The monoisotopic (exact) mass is 432 g/mol. The van der Waals surface area contributed by atoms with Gasteiger partial charge in [-0.15, -0.1) is 0 Å². The maximum absolute atomic E-state index is 13.1. The highest BCUT2D eigenvalue weighted by Crippen LogP contribution is 2.27. The van der Waals surface area contributed by atoms with Crippen LogP contribution in [0.2, 0.25) is 0 Å². The predicted molar refractivity (Wildman–Crippen MR) is 114 cm³/mol. The van der Waals surface area contributed by atoms with Crippen molar-refractivity contribution in [2.24, 2.45) is 5.92 Å². The number of rotatable bonds is 7. The quantitative estimate of drug-likeness (QED) is 0.727. The van der Waals surface area contributed by atoms with E-state index in [0.29, 0.717) is 37.4 Å². The van der Waals surface area contributed by atoms with Crippen molar-refractivity contribution >= 4 is 15.9 Å². The summed E-state index contributed by atoms with van der Waals surface area (Å²) in [5.41, 5.74) is 1.63. The molecule has 0 spiro atoms. The maximum Gasteiger partial charge on any atom is 0.243 e. The van der Waals surface area contributed by atoms with Gasteiger partial charge in [-0.3, -0.25) is 4.79 Å². The van der Waals surface area contributed by atoms with Gasteiger partial charge in [-0.2, -0.15) is 4.31 Å². The standard InChI is InChI=1S/C22H28N2O5S/c1-16-13-19(10-11-20(16)28-2)30(26,27)24-12-6-8-18(15-24)22(25)23-14-17-7-4-5-9-21(17)29-3/h4-5,7,9-11,13,18H,6,8,12,14-15H2,1-3H3,(H,23,25)/t18-/m0/s1. The van der Waals surface area contributed by atoms with Gasteiger partial charge in [0.1, 0.15) is 11.5 Å². The number of carbonyl (C=O) groups is 1. The second kappa shape index (κ2) is 9.49. The largest absolute Gasteiger partial charge is 0.496 e. The number of nitrogens with one attached hydrogen (secondary N) is 1. The van der Waals surface area contributed by atoms with Crippen LogP contribution in [0.3, 0.4) is 0 Å². The highest BCUT2D eigenvalue weighted by molar-refractivity contribution is 7.89. The zero-order valence-corrected chi connectivity index (χ0v) is 18.4. The second-order valence-electron chi connectivity index (χ2n) is 7.36. The van der Waals surface area contributed by atoms with Gasteiger partial charge in [0, 0.05) is 25.2 Å². The molecule has 162 valence electrons. The molecule has 0 saturated carbocycles. The molecule has 1 fully saturated rings. The number of methoxy groups -OCH3 is 2. The zero-order chi connectivity index (χ0) is 21.7. The lowest BCUT2D eigenvalue weighted by molar-refractivity contribution is -0.126. The van der Waals surface area contributed by atoms with Crippen LogP contribution in [0.5, 0.6) is 11.5 Å². The first kappa shape index (κ1) is 22.1. The van der Waals surface area contributed by atoms with E-state index in [1.165, 1.54) is 4.31 Å². The Morgan fingerprint density at radius 3 is 2.57 bits per heavy atom. The minimum Gasteiger partial charge on any atom is -0.496 e. The molecule has 1 N–H and O–H groups in total. The average molecular weight is 433 g/mol. The molecule has 2 aromatic carbocycles. The van der Waals surface area contributed by atoms with Crippen LogP contribution in [0, 0.1) is 12.8 Å². The van der Waals surface area contributed by atoms with E-state index in [1.54, 1.807) is 32.4 Å². The fraction of sp³-hybridized carbons (Fsp3) is 0.409. The van der Waals surface area contributed by atoms with Gasteiger partial charge in [-0.1, -0.05) is 18.2 Å². The molecule has 0 radical (unpaired) electrons. The Balaban J connectivity index is 1.68. The Morgan fingerprint density at radius 1 is 1.13 bits per heavy atom. The van der Waals surface area contributed by atoms with E-state index in [-0.39, 0.29) is 23.3 Å².